The molecule has 0 saturated carbocycles. The van der Waals surface area contributed by atoms with Crippen LogP contribution < -0.4 is 0 Å². The molecule has 6 heteroatoms. The number of aromatic nitrogens is 2. The number of aliphatic hydroxyl groups excluding tert-OH is 1. The lowest BCUT2D eigenvalue weighted by atomic mass is 10.3. The number of carbonyl (C=O) groups is 1. The number of allylic oxidation sites excluding steroid dienone is 2. The lowest BCUT2D eigenvalue weighted by Crippen LogP contribution is -2.26. The largest absolute Gasteiger partial charge is 0.367 e. The fourth-order valence-electron chi connectivity index (χ4n) is 1.57. The van der Waals surface area contributed by atoms with Gasteiger partial charge in [-0.15, -0.1) is 0 Å². The molecule has 0 fully saturated rings. The second-order valence-corrected chi connectivity index (χ2v) is 3.25. The smallest absolute Gasteiger partial charge is 0.281 e. The first kappa shape index (κ1) is 10.3. The molecule has 80 valence electrons. The molecule has 1 aliphatic rings. The standard InChI is InChI=1S/C10H8N4O2/c1-6(2-3-11)14-9(15)7-8(10(14)16)13-5-4-12-7/h2,4-5,9,15H,1H3. The number of aliphatic hydroxyl groups is 1. The lowest BCUT2D eigenvalue weighted by Gasteiger charge is -2.19. The van der Waals surface area contributed by atoms with Gasteiger partial charge in [0.15, 0.2) is 11.9 Å². The van der Waals surface area contributed by atoms with Gasteiger partial charge in [0.2, 0.25) is 0 Å². The Morgan fingerprint density at radius 1 is 1.62 bits per heavy atom. The van der Waals surface area contributed by atoms with Gasteiger partial charge in [-0.3, -0.25) is 14.7 Å². The fourth-order valence-corrected chi connectivity index (χ4v) is 1.57. The molecule has 6 nitrogen and oxygen atoms in total. The third kappa shape index (κ3) is 1.34. The van der Waals surface area contributed by atoms with Crippen molar-refractivity contribution in [2.75, 3.05) is 0 Å². The van der Waals surface area contributed by atoms with Gasteiger partial charge in [-0.25, -0.2) is 4.98 Å². The Morgan fingerprint density at radius 3 is 2.94 bits per heavy atom. The summed E-state index contributed by atoms with van der Waals surface area (Å²) >= 11 is 0. The highest BCUT2D eigenvalue weighted by molar-refractivity contribution is 5.97. The maximum Gasteiger partial charge on any atom is 0.281 e. The van der Waals surface area contributed by atoms with Crippen LogP contribution in [0.2, 0.25) is 0 Å². The minimum atomic E-state index is -1.17. The van der Waals surface area contributed by atoms with Gasteiger partial charge in [0.05, 0.1) is 6.07 Å². The minimum absolute atomic E-state index is 0.126. The van der Waals surface area contributed by atoms with Gasteiger partial charge in [-0.1, -0.05) is 0 Å². The molecule has 1 unspecified atom stereocenters. The van der Waals surface area contributed by atoms with E-state index >= 15 is 0 Å². The molecule has 1 N–H and O–H groups in total. The number of rotatable bonds is 1. The number of hydrogen-bond donors (Lipinski definition) is 1. The van der Waals surface area contributed by atoms with Gasteiger partial charge in [0.1, 0.15) is 5.69 Å². The third-order valence-corrected chi connectivity index (χ3v) is 2.29. The number of fused-ring (bicyclic) bond motifs is 1. The van der Waals surface area contributed by atoms with Crippen molar-refractivity contribution in [1.82, 2.24) is 14.9 Å². The molecular weight excluding hydrogens is 208 g/mol. The predicted molar refractivity (Wildman–Crippen MR) is 52.5 cm³/mol. The first-order valence-electron chi connectivity index (χ1n) is 4.55. The van der Waals surface area contributed by atoms with Crippen LogP contribution in [-0.4, -0.2) is 25.9 Å². The Balaban J connectivity index is 2.47. The van der Waals surface area contributed by atoms with Gasteiger partial charge >= 0.3 is 0 Å². The lowest BCUT2D eigenvalue weighted by molar-refractivity contribution is 0.0323. The van der Waals surface area contributed by atoms with Gasteiger partial charge in [0, 0.05) is 24.2 Å². The van der Waals surface area contributed by atoms with Gasteiger partial charge in [0.25, 0.3) is 5.91 Å². The van der Waals surface area contributed by atoms with Crippen molar-refractivity contribution >= 4 is 5.91 Å². The molecule has 1 aliphatic heterocycles. The van der Waals surface area contributed by atoms with Crippen molar-refractivity contribution in [1.29, 1.82) is 5.26 Å². The Kier molecular flexibility index (Phi) is 2.38. The van der Waals surface area contributed by atoms with Gasteiger partial charge < -0.3 is 5.11 Å². The second kappa shape index (κ2) is 3.72. The molecule has 1 amide bonds. The van der Waals surface area contributed by atoms with E-state index in [1.807, 2.05) is 0 Å². The average molecular weight is 216 g/mol. The molecule has 16 heavy (non-hydrogen) atoms. The van der Waals surface area contributed by atoms with Crippen LogP contribution in [-0.2, 0) is 0 Å². The Hall–Kier alpha value is -2.26. The second-order valence-electron chi connectivity index (χ2n) is 3.25. The monoisotopic (exact) mass is 216 g/mol. The van der Waals surface area contributed by atoms with Gasteiger partial charge in [-0.05, 0) is 6.92 Å². The Labute approximate surface area is 91.5 Å². The van der Waals surface area contributed by atoms with E-state index in [4.69, 9.17) is 5.26 Å². The molecule has 1 aromatic rings. The maximum atomic E-state index is 11.8. The summed E-state index contributed by atoms with van der Waals surface area (Å²) in [5, 5.41) is 18.4. The molecule has 0 aliphatic carbocycles. The van der Waals surface area contributed by atoms with Crippen molar-refractivity contribution in [3.63, 3.8) is 0 Å². The summed E-state index contributed by atoms with van der Waals surface area (Å²) in [5.41, 5.74) is 0.707. The van der Waals surface area contributed by atoms with E-state index in [-0.39, 0.29) is 11.4 Å². The molecule has 1 aromatic heterocycles. The van der Waals surface area contributed by atoms with Crippen LogP contribution in [0.15, 0.2) is 24.2 Å². The van der Waals surface area contributed by atoms with Crippen molar-refractivity contribution in [2.45, 2.75) is 13.2 Å². The maximum absolute atomic E-state index is 11.8. The van der Waals surface area contributed by atoms with Crippen LogP contribution in [0.3, 0.4) is 0 Å². The van der Waals surface area contributed by atoms with E-state index in [1.54, 1.807) is 13.0 Å². The van der Waals surface area contributed by atoms with E-state index < -0.39 is 12.1 Å². The first-order valence-corrected chi connectivity index (χ1v) is 4.55. The molecule has 0 radical (unpaired) electrons. The zero-order chi connectivity index (χ0) is 11.7. The van der Waals surface area contributed by atoms with Crippen LogP contribution in [0.1, 0.15) is 29.3 Å². The average Bonchev–Trinajstić information content (AvgIpc) is 2.53. The summed E-state index contributed by atoms with van der Waals surface area (Å²) in [7, 11) is 0. The summed E-state index contributed by atoms with van der Waals surface area (Å²) in [6.45, 7) is 1.57. The summed E-state index contributed by atoms with van der Waals surface area (Å²) in [6.07, 6.45) is 2.81. The number of nitriles is 1. The van der Waals surface area contributed by atoms with Crippen molar-refractivity contribution in [2.24, 2.45) is 0 Å². The number of hydrogen-bond acceptors (Lipinski definition) is 5. The van der Waals surface area contributed by atoms with Crippen LogP contribution in [0, 0.1) is 11.3 Å². The number of amides is 1. The molecule has 2 rings (SSSR count). The fraction of sp³-hybridized carbons (Fsp3) is 0.200. The zero-order valence-electron chi connectivity index (χ0n) is 8.45. The quantitative estimate of drug-likeness (QED) is 0.684. The van der Waals surface area contributed by atoms with Gasteiger partial charge in [-0.2, -0.15) is 5.26 Å². The normalized spacial score (nSPS) is 19.6. The highest BCUT2D eigenvalue weighted by Gasteiger charge is 2.38. The summed E-state index contributed by atoms with van der Waals surface area (Å²) in [6, 6.07) is 1.80. The van der Waals surface area contributed by atoms with E-state index in [1.165, 1.54) is 18.5 Å². The van der Waals surface area contributed by atoms with Crippen LogP contribution in [0.5, 0.6) is 0 Å². The number of carbonyl (C=O) groups excluding carboxylic acids is 1. The van der Waals surface area contributed by atoms with E-state index in [0.29, 0.717) is 5.70 Å². The molecule has 1 atom stereocenters. The van der Waals surface area contributed by atoms with Crippen molar-refractivity contribution < 1.29 is 9.90 Å². The Morgan fingerprint density at radius 2 is 2.31 bits per heavy atom. The number of nitrogens with zero attached hydrogens (tertiary/aromatic N) is 4. The molecule has 0 aromatic carbocycles. The zero-order valence-corrected chi connectivity index (χ0v) is 8.45. The van der Waals surface area contributed by atoms with Crippen LogP contribution in [0.4, 0.5) is 0 Å². The predicted octanol–water partition coefficient (Wildman–Crippen LogP) is 0.351. The molecule has 0 bridgehead atoms. The topological polar surface area (TPSA) is 90.1 Å². The van der Waals surface area contributed by atoms with Crippen LogP contribution in [0.25, 0.3) is 0 Å². The first-order chi connectivity index (χ1) is 7.66. The van der Waals surface area contributed by atoms with Crippen LogP contribution >= 0.6 is 0 Å². The minimum Gasteiger partial charge on any atom is -0.367 e. The molecule has 0 spiro atoms. The SMILES string of the molecule is CC(=CC#N)N1C(=O)c2nccnc2C1O. The molecule has 2 heterocycles. The third-order valence-electron chi connectivity index (χ3n) is 2.29. The van der Waals surface area contributed by atoms with Crippen molar-refractivity contribution in [3.8, 4) is 6.07 Å². The summed E-state index contributed by atoms with van der Waals surface area (Å²) in [4.78, 5) is 20.7. The Bertz CT molecular complexity index is 518. The molecular formula is C10H8N4O2. The van der Waals surface area contributed by atoms with E-state index in [2.05, 4.69) is 9.97 Å². The highest BCUT2D eigenvalue weighted by Crippen LogP contribution is 2.31. The summed E-state index contributed by atoms with van der Waals surface area (Å²) in [5.74, 6) is -0.445. The summed E-state index contributed by atoms with van der Waals surface area (Å²) < 4.78 is 0. The highest BCUT2D eigenvalue weighted by atomic mass is 16.3. The van der Waals surface area contributed by atoms with E-state index in [0.717, 1.165) is 4.90 Å². The van der Waals surface area contributed by atoms with E-state index in [9.17, 15) is 9.90 Å². The molecule has 0 saturated heterocycles. The van der Waals surface area contributed by atoms with Crippen molar-refractivity contribution in [3.05, 3.63) is 35.6 Å².